The SMILES string of the molecule is CNC(=O)CCn1ccc2ccc(CN)cc21. The zero-order chi connectivity index (χ0) is 12.3. The Hall–Kier alpha value is -1.81. The van der Waals surface area contributed by atoms with Crippen molar-refractivity contribution in [3.8, 4) is 0 Å². The highest BCUT2D eigenvalue weighted by atomic mass is 16.1. The lowest BCUT2D eigenvalue weighted by Gasteiger charge is -2.05. The molecule has 0 spiro atoms. The van der Waals surface area contributed by atoms with Crippen LogP contribution >= 0.6 is 0 Å². The highest BCUT2D eigenvalue weighted by Gasteiger charge is 2.04. The summed E-state index contributed by atoms with van der Waals surface area (Å²) in [5.41, 5.74) is 7.87. The predicted molar refractivity (Wildman–Crippen MR) is 68.5 cm³/mol. The largest absolute Gasteiger partial charge is 0.359 e. The van der Waals surface area contributed by atoms with E-state index >= 15 is 0 Å². The van der Waals surface area contributed by atoms with Gasteiger partial charge in [-0.1, -0.05) is 12.1 Å². The second-order valence-corrected chi connectivity index (χ2v) is 4.03. The number of aryl methyl sites for hydroxylation is 1. The lowest BCUT2D eigenvalue weighted by atomic mass is 10.1. The average Bonchev–Trinajstić information content (AvgIpc) is 2.78. The average molecular weight is 231 g/mol. The Morgan fingerprint density at radius 3 is 2.94 bits per heavy atom. The second kappa shape index (κ2) is 5.01. The summed E-state index contributed by atoms with van der Waals surface area (Å²) in [7, 11) is 1.66. The maximum Gasteiger partial charge on any atom is 0.221 e. The maximum atomic E-state index is 11.2. The Kier molecular flexibility index (Phi) is 3.44. The van der Waals surface area contributed by atoms with E-state index in [2.05, 4.69) is 28.1 Å². The molecular weight excluding hydrogens is 214 g/mol. The molecule has 0 fully saturated rings. The number of hydrogen-bond donors (Lipinski definition) is 2. The predicted octanol–water partition coefficient (Wildman–Crippen LogP) is 1.24. The van der Waals surface area contributed by atoms with Crippen LogP contribution in [0.1, 0.15) is 12.0 Å². The molecule has 3 N–H and O–H groups in total. The summed E-state index contributed by atoms with van der Waals surface area (Å²) in [5, 5.41) is 3.81. The van der Waals surface area contributed by atoms with Crippen LogP contribution in [-0.4, -0.2) is 17.5 Å². The van der Waals surface area contributed by atoms with Crippen molar-refractivity contribution in [2.75, 3.05) is 7.05 Å². The monoisotopic (exact) mass is 231 g/mol. The van der Waals surface area contributed by atoms with Crippen LogP contribution in [0.3, 0.4) is 0 Å². The van der Waals surface area contributed by atoms with Crippen molar-refractivity contribution >= 4 is 16.8 Å². The van der Waals surface area contributed by atoms with Gasteiger partial charge in [-0.05, 0) is 23.1 Å². The summed E-state index contributed by atoms with van der Waals surface area (Å²) in [6, 6.07) is 8.23. The highest BCUT2D eigenvalue weighted by molar-refractivity contribution is 5.81. The van der Waals surface area contributed by atoms with Crippen LogP contribution in [0.15, 0.2) is 30.5 Å². The molecule has 1 heterocycles. The molecule has 17 heavy (non-hydrogen) atoms. The summed E-state index contributed by atoms with van der Waals surface area (Å²) in [5.74, 6) is 0.0572. The highest BCUT2D eigenvalue weighted by Crippen LogP contribution is 2.17. The van der Waals surface area contributed by atoms with Gasteiger partial charge in [0.1, 0.15) is 0 Å². The number of nitrogens with one attached hydrogen (secondary N) is 1. The smallest absolute Gasteiger partial charge is 0.221 e. The lowest BCUT2D eigenvalue weighted by molar-refractivity contribution is -0.120. The third kappa shape index (κ3) is 2.47. The third-order valence-corrected chi connectivity index (χ3v) is 2.93. The van der Waals surface area contributed by atoms with Gasteiger partial charge in [-0.3, -0.25) is 4.79 Å². The second-order valence-electron chi connectivity index (χ2n) is 4.03. The molecule has 0 saturated carbocycles. The van der Waals surface area contributed by atoms with Crippen molar-refractivity contribution in [3.05, 3.63) is 36.0 Å². The van der Waals surface area contributed by atoms with E-state index in [1.807, 2.05) is 12.3 Å². The van der Waals surface area contributed by atoms with E-state index < -0.39 is 0 Å². The summed E-state index contributed by atoms with van der Waals surface area (Å²) in [4.78, 5) is 11.2. The van der Waals surface area contributed by atoms with Crippen LogP contribution in [0.4, 0.5) is 0 Å². The van der Waals surface area contributed by atoms with Crippen molar-refractivity contribution in [1.29, 1.82) is 0 Å². The number of amides is 1. The van der Waals surface area contributed by atoms with Gasteiger partial charge in [0.2, 0.25) is 5.91 Å². The number of benzene rings is 1. The Morgan fingerprint density at radius 2 is 2.24 bits per heavy atom. The van der Waals surface area contributed by atoms with Crippen molar-refractivity contribution in [3.63, 3.8) is 0 Å². The molecule has 0 aliphatic rings. The minimum Gasteiger partial charge on any atom is -0.359 e. The number of rotatable bonds is 4. The zero-order valence-corrected chi connectivity index (χ0v) is 9.94. The Balaban J connectivity index is 2.25. The first-order valence-corrected chi connectivity index (χ1v) is 5.73. The van der Waals surface area contributed by atoms with Gasteiger partial charge in [0, 0.05) is 38.3 Å². The lowest BCUT2D eigenvalue weighted by Crippen LogP contribution is -2.19. The van der Waals surface area contributed by atoms with E-state index in [4.69, 9.17) is 5.73 Å². The maximum absolute atomic E-state index is 11.2. The minimum atomic E-state index is 0.0572. The third-order valence-electron chi connectivity index (χ3n) is 2.93. The first-order valence-electron chi connectivity index (χ1n) is 5.73. The van der Waals surface area contributed by atoms with E-state index in [1.54, 1.807) is 7.05 Å². The molecule has 2 rings (SSSR count). The van der Waals surface area contributed by atoms with Gasteiger partial charge in [-0.2, -0.15) is 0 Å². The van der Waals surface area contributed by atoms with Crippen molar-refractivity contribution < 1.29 is 4.79 Å². The van der Waals surface area contributed by atoms with Crippen LogP contribution in [0.25, 0.3) is 10.9 Å². The van der Waals surface area contributed by atoms with E-state index in [-0.39, 0.29) is 5.91 Å². The van der Waals surface area contributed by atoms with Gasteiger partial charge < -0.3 is 15.6 Å². The summed E-state index contributed by atoms with van der Waals surface area (Å²) >= 11 is 0. The Bertz CT molecular complexity index is 530. The molecule has 0 bridgehead atoms. The van der Waals surface area contributed by atoms with Crippen LogP contribution < -0.4 is 11.1 Å². The zero-order valence-electron chi connectivity index (χ0n) is 9.94. The molecule has 90 valence electrons. The fourth-order valence-electron chi connectivity index (χ4n) is 1.90. The molecule has 0 unspecified atom stereocenters. The topological polar surface area (TPSA) is 60.0 Å². The van der Waals surface area contributed by atoms with Crippen molar-refractivity contribution in [2.45, 2.75) is 19.5 Å². The van der Waals surface area contributed by atoms with Crippen LogP contribution in [-0.2, 0) is 17.9 Å². The molecule has 0 aliphatic carbocycles. The fraction of sp³-hybridized carbons (Fsp3) is 0.308. The van der Waals surface area contributed by atoms with E-state index in [1.165, 1.54) is 5.39 Å². The van der Waals surface area contributed by atoms with Gasteiger partial charge in [-0.25, -0.2) is 0 Å². The standard InChI is InChI=1S/C13H17N3O/c1-15-13(17)5-7-16-6-4-11-3-2-10(9-14)8-12(11)16/h2-4,6,8H,5,7,9,14H2,1H3,(H,15,17). The number of aromatic nitrogens is 1. The Morgan fingerprint density at radius 1 is 1.41 bits per heavy atom. The Labute approximate surface area is 100 Å². The molecule has 1 amide bonds. The first kappa shape index (κ1) is 11.7. The molecule has 0 radical (unpaired) electrons. The fourth-order valence-corrected chi connectivity index (χ4v) is 1.90. The van der Waals surface area contributed by atoms with Gasteiger partial charge in [-0.15, -0.1) is 0 Å². The molecule has 2 aromatic rings. The van der Waals surface area contributed by atoms with Crippen LogP contribution in [0.2, 0.25) is 0 Å². The number of nitrogens with two attached hydrogens (primary N) is 1. The van der Waals surface area contributed by atoms with E-state index in [0.717, 1.165) is 11.1 Å². The molecule has 4 nitrogen and oxygen atoms in total. The van der Waals surface area contributed by atoms with Crippen LogP contribution in [0, 0.1) is 0 Å². The van der Waals surface area contributed by atoms with E-state index in [9.17, 15) is 4.79 Å². The number of nitrogens with zero attached hydrogens (tertiary/aromatic N) is 1. The van der Waals surface area contributed by atoms with Crippen molar-refractivity contribution in [2.24, 2.45) is 5.73 Å². The van der Waals surface area contributed by atoms with E-state index in [0.29, 0.717) is 19.5 Å². The number of hydrogen-bond acceptors (Lipinski definition) is 2. The molecule has 0 aliphatic heterocycles. The number of carbonyl (C=O) groups excluding carboxylic acids is 1. The number of fused-ring (bicyclic) bond motifs is 1. The quantitative estimate of drug-likeness (QED) is 0.831. The molecule has 1 aromatic heterocycles. The normalized spacial score (nSPS) is 10.7. The van der Waals surface area contributed by atoms with Crippen LogP contribution in [0.5, 0.6) is 0 Å². The van der Waals surface area contributed by atoms with Gasteiger partial charge >= 0.3 is 0 Å². The molecule has 0 saturated heterocycles. The summed E-state index contributed by atoms with van der Waals surface area (Å²) in [6.07, 6.45) is 2.50. The minimum absolute atomic E-state index is 0.0572. The number of carbonyl (C=O) groups is 1. The van der Waals surface area contributed by atoms with Gasteiger partial charge in [0.15, 0.2) is 0 Å². The first-order chi connectivity index (χ1) is 8.24. The van der Waals surface area contributed by atoms with Gasteiger partial charge in [0.05, 0.1) is 0 Å². The molecular formula is C13H17N3O. The molecule has 0 atom stereocenters. The summed E-state index contributed by atoms with van der Waals surface area (Å²) < 4.78 is 2.09. The molecule has 1 aromatic carbocycles. The van der Waals surface area contributed by atoms with Crippen molar-refractivity contribution in [1.82, 2.24) is 9.88 Å². The van der Waals surface area contributed by atoms with Gasteiger partial charge in [0.25, 0.3) is 0 Å². The molecule has 4 heteroatoms. The summed E-state index contributed by atoms with van der Waals surface area (Å²) in [6.45, 7) is 1.23.